The van der Waals surface area contributed by atoms with E-state index in [4.69, 9.17) is 44.3 Å². The number of ether oxygens (including phenoxy) is 5. The van der Waals surface area contributed by atoms with E-state index in [-0.39, 0.29) is 50.0 Å². The smallest absolute Gasteiger partial charge is 0.259 e. The summed E-state index contributed by atoms with van der Waals surface area (Å²) in [5.74, 6) is 0.911. The zero-order chi connectivity index (χ0) is 38.7. The highest BCUT2D eigenvalue weighted by Crippen LogP contribution is 2.50. The molecule has 1 unspecified atom stereocenters. The van der Waals surface area contributed by atoms with Crippen LogP contribution < -0.4 is 9.47 Å². The predicted molar refractivity (Wildman–Crippen MR) is 208 cm³/mol. The highest BCUT2D eigenvalue weighted by molar-refractivity contribution is 7.44. The molecule has 288 valence electrons. The third-order valence-corrected chi connectivity index (χ3v) is 11.6. The van der Waals surface area contributed by atoms with Crippen LogP contribution in [0.5, 0.6) is 11.5 Å². The Morgan fingerprint density at radius 3 is 2.02 bits per heavy atom. The number of nitrogens with zero attached hydrogens (tertiary/aromatic N) is 2. The molecule has 4 atom stereocenters. The van der Waals surface area contributed by atoms with Gasteiger partial charge in [0, 0.05) is 12.1 Å². The van der Waals surface area contributed by atoms with Crippen LogP contribution in [0, 0.1) is 17.1 Å². The van der Waals surface area contributed by atoms with Gasteiger partial charge in [0.15, 0.2) is 0 Å². The van der Waals surface area contributed by atoms with Crippen molar-refractivity contribution < 1.29 is 37.1 Å². The van der Waals surface area contributed by atoms with E-state index < -0.39 is 38.3 Å². The van der Waals surface area contributed by atoms with Gasteiger partial charge in [0.05, 0.1) is 58.2 Å². The van der Waals surface area contributed by atoms with Crippen LogP contribution in [0.1, 0.15) is 56.4 Å². The Kier molecular flexibility index (Phi) is 15.2. The average Bonchev–Trinajstić information content (AvgIpc) is 3.56. The number of benzene rings is 4. The van der Waals surface area contributed by atoms with Crippen molar-refractivity contribution in [3.8, 4) is 17.6 Å². The van der Waals surface area contributed by atoms with Crippen LogP contribution in [0.2, 0.25) is 5.02 Å². The molecule has 0 aliphatic carbocycles. The largest absolute Gasteiger partial charge is 0.497 e. The first-order valence-corrected chi connectivity index (χ1v) is 19.5. The molecule has 4 aromatic rings. The van der Waals surface area contributed by atoms with E-state index in [2.05, 4.69) is 38.4 Å². The lowest BCUT2D eigenvalue weighted by Gasteiger charge is -2.39. The second-order valence-electron chi connectivity index (χ2n) is 13.4. The topological polar surface area (TPSA) is 91.6 Å². The van der Waals surface area contributed by atoms with Crippen LogP contribution in [-0.4, -0.2) is 69.1 Å². The molecule has 0 aromatic heterocycles. The third-order valence-electron chi connectivity index (χ3n) is 9.17. The molecule has 1 saturated heterocycles. The van der Waals surface area contributed by atoms with Crippen molar-refractivity contribution in [3.63, 3.8) is 0 Å². The molecule has 12 heteroatoms. The van der Waals surface area contributed by atoms with Gasteiger partial charge in [0.2, 0.25) is 0 Å². The highest BCUT2D eigenvalue weighted by atomic mass is 35.5. The van der Waals surface area contributed by atoms with Gasteiger partial charge in [-0.05, 0) is 86.3 Å². The number of methoxy groups -OCH3 is 2. The molecule has 1 aliphatic heterocycles. The van der Waals surface area contributed by atoms with Gasteiger partial charge in [0.1, 0.15) is 41.2 Å². The molecule has 0 saturated carbocycles. The molecule has 0 bridgehead atoms. The summed E-state index contributed by atoms with van der Waals surface area (Å²) in [6.07, 6.45) is -1.61. The molecule has 0 radical (unpaired) electrons. The molecule has 5 rings (SSSR count). The predicted octanol–water partition coefficient (Wildman–Crippen LogP) is 9.45. The van der Waals surface area contributed by atoms with Crippen molar-refractivity contribution in [1.29, 1.82) is 5.26 Å². The zero-order valence-electron chi connectivity index (χ0n) is 31.6. The van der Waals surface area contributed by atoms with Gasteiger partial charge in [-0.2, -0.15) is 5.26 Å². The average molecular weight is 779 g/mol. The monoisotopic (exact) mass is 778 g/mol. The van der Waals surface area contributed by atoms with Gasteiger partial charge in [-0.25, -0.2) is 9.06 Å². The molecule has 1 aliphatic rings. The first-order chi connectivity index (χ1) is 26.1. The Bertz CT molecular complexity index is 1740. The van der Waals surface area contributed by atoms with Crippen LogP contribution >= 0.6 is 20.1 Å². The summed E-state index contributed by atoms with van der Waals surface area (Å²) in [6.45, 7) is 8.93. The fraction of sp³-hybridized carbons (Fsp3) is 0.405. The Morgan fingerprint density at radius 2 is 1.48 bits per heavy atom. The Morgan fingerprint density at radius 1 is 0.889 bits per heavy atom. The lowest BCUT2D eigenvalue weighted by molar-refractivity contribution is -0.0726. The van der Waals surface area contributed by atoms with E-state index in [1.165, 1.54) is 12.1 Å². The maximum Gasteiger partial charge on any atom is 0.259 e. The summed E-state index contributed by atoms with van der Waals surface area (Å²) in [5, 5.41) is 9.36. The van der Waals surface area contributed by atoms with Crippen molar-refractivity contribution in [1.82, 2.24) is 4.67 Å². The molecule has 4 aromatic carbocycles. The van der Waals surface area contributed by atoms with Crippen molar-refractivity contribution in [2.75, 3.05) is 34.0 Å². The molecular weight excluding hydrogens is 730 g/mol. The molecule has 0 spiro atoms. The zero-order valence-corrected chi connectivity index (χ0v) is 33.3. The van der Waals surface area contributed by atoms with Crippen molar-refractivity contribution in [2.24, 2.45) is 0 Å². The minimum Gasteiger partial charge on any atom is -0.497 e. The second kappa shape index (κ2) is 19.8. The second-order valence-corrected chi connectivity index (χ2v) is 15.2. The fourth-order valence-electron chi connectivity index (χ4n) is 6.58. The number of nitriles is 1. The highest BCUT2D eigenvalue weighted by Gasteiger charge is 2.46. The van der Waals surface area contributed by atoms with Crippen molar-refractivity contribution >= 4 is 20.1 Å². The number of halogens is 2. The summed E-state index contributed by atoms with van der Waals surface area (Å²) in [5.41, 5.74) is 2.18. The number of hydrogen-bond acceptors (Lipinski definition) is 9. The maximum absolute atomic E-state index is 14.4. The Balaban J connectivity index is 1.54. The van der Waals surface area contributed by atoms with Gasteiger partial charge >= 0.3 is 0 Å². The van der Waals surface area contributed by atoms with Gasteiger partial charge in [-0.3, -0.25) is 0 Å². The van der Waals surface area contributed by atoms with Crippen LogP contribution in [0.15, 0.2) is 97.1 Å². The van der Waals surface area contributed by atoms with E-state index in [1.807, 2.05) is 78.9 Å². The van der Waals surface area contributed by atoms with Crippen molar-refractivity contribution in [3.05, 3.63) is 130 Å². The number of hydrogen-bond donors (Lipinski definition) is 0. The molecule has 0 N–H and O–H groups in total. The van der Waals surface area contributed by atoms with Gasteiger partial charge < -0.3 is 32.7 Å². The first-order valence-electron chi connectivity index (χ1n) is 18.0. The van der Waals surface area contributed by atoms with Crippen LogP contribution in [0.25, 0.3) is 0 Å². The first kappa shape index (κ1) is 41.5. The molecule has 54 heavy (non-hydrogen) atoms. The lowest BCUT2D eigenvalue weighted by atomic mass is 9.80. The van der Waals surface area contributed by atoms with E-state index in [0.717, 1.165) is 16.7 Å². The van der Waals surface area contributed by atoms with Crippen LogP contribution in [-0.2, 0) is 35.5 Å². The van der Waals surface area contributed by atoms with Gasteiger partial charge in [-0.1, -0.05) is 72.3 Å². The summed E-state index contributed by atoms with van der Waals surface area (Å²) in [6, 6.07) is 32.6. The van der Waals surface area contributed by atoms with E-state index in [0.29, 0.717) is 17.1 Å². The fourth-order valence-corrected chi connectivity index (χ4v) is 8.48. The Hall–Kier alpha value is -3.62. The number of rotatable bonds is 19. The summed E-state index contributed by atoms with van der Waals surface area (Å²) in [4.78, 5) is 0. The van der Waals surface area contributed by atoms with Crippen LogP contribution in [0.4, 0.5) is 4.39 Å². The SMILES string of the molecule is COc1ccc(C(OC[C@H]2OC[C@H](OCc3ccc(Cl)c(F)c3)[C@@H]2OP(OCCC#N)N(C(C)C)C(C)C)(c2ccccc2)c2ccc(OC)cc2)cc1. The lowest BCUT2D eigenvalue weighted by Crippen LogP contribution is -2.42. The van der Waals surface area contributed by atoms with Crippen molar-refractivity contribution in [2.45, 2.75) is 76.7 Å². The van der Waals surface area contributed by atoms with E-state index in [1.54, 1.807) is 20.3 Å². The van der Waals surface area contributed by atoms with Gasteiger partial charge in [0.25, 0.3) is 8.53 Å². The minimum absolute atomic E-state index is 0.0413. The molecule has 1 heterocycles. The molecular formula is C42H49ClFN2O7P. The Labute approximate surface area is 324 Å². The molecule has 1 fully saturated rings. The van der Waals surface area contributed by atoms with E-state index in [9.17, 15) is 9.65 Å². The van der Waals surface area contributed by atoms with Gasteiger partial charge in [-0.15, -0.1) is 0 Å². The standard InChI is InChI=1S/C42H49ClFN2O7P/c1-29(2)46(30(3)4)54(52-24-10-23-45)53-41-39(49-26-31-13-22-37(43)38(44)25-31)27-50-40(41)28-51-42(32-11-8-7-9-12-32,33-14-18-35(47-5)19-15-33)34-16-20-36(48-6)21-17-34/h7-9,11-22,25,29-30,39-41H,10,24,26-28H2,1-6H3/t39-,40+,41-,54?/m0/s1. The van der Waals surface area contributed by atoms with E-state index >= 15 is 0 Å². The third kappa shape index (κ3) is 9.97. The van der Waals surface area contributed by atoms with Crippen LogP contribution in [0.3, 0.4) is 0 Å². The molecule has 9 nitrogen and oxygen atoms in total. The normalized spacial score (nSPS) is 17.9. The summed E-state index contributed by atoms with van der Waals surface area (Å²) < 4.78 is 61.0. The molecule has 0 amide bonds. The maximum atomic E-state index is 14.4. The summed E-state index contributed by atoms with van der Waals surface area (Å²) in [7, 11) is 1.60. The minimum atomic E-state index is -1.67. The quantitative estimate of drug-likeness (QED) is 0.0525. The summed E-state index contributed by atoms with van der Waals surface area (Å²) >= 11 is 5.96.